The molecular formula is C17H23N3OS. The Morgan fingerprint density at radius 1 is 1.23 bits per heavy atom. The van der Waals surface area contributed by atoms with E-state index in [9.17, 15) is 4.79 Å². The lowest BCUT2D eigenvalue weighted by atomic mass is 10.1. The van der Waals surface area contributed by atoms with Crippen LogP contribution in [0.4, 0.5) is 5.69 Å². The van der Waals surface area contributed by atoms with Gasteiger partial charge in [-0.2, -0.15) is 0 Å². The predicted octanol–water partition coefficient (Wildman–Crippen LogP) is 3.11. The molecule has 0 atom stereocenters. The van der Waals surface area contributed by atoms with Crippen LogP contribution in [0.3, 0.4) is 0 Å². The zero-order valence-electron chi connectivity index (χ0n) is 13.7. The Bertz CT molecular complexity index is 619. The summed E-state index contributed by atoms with van der Waals surface area (Å²) in [6.45, 7) is 5.32. The summed E-state index contributed by atoms with van der Waals surface area (Å²) in [5.41, 5.74) is 3.18. The maximum absolute atomic E-state index is 12.4. The van der Waals surface area contributed by atoms with E-state index in [1.165, 1.54) is 0 Å². The van der Waals surface area contributed by atoms with Crippen LogP contribution < -0.4 is 4.90 Å². The average Bonchev–Trinajstić information content (AvgIpc) is 2.90. The number of carbonyl (C=O) groups excluding carboxylic acids is 1. The molecule has 118 valence electrons. The maximum atomic E-state index is 12.4. The molecule has 0 N–H and O–H groups in total. The fourth-order valence-electron chi connectivity index (χ4n) is 2.25. The second kappa shape index (κ2) is 7.40. The first kappa shape index (κ1) is 16.5. The summed E-state index contributed by atoms with van der Waals surface area (Å²) >= 11 is 1.59. The minimum atomic E-state index is 0.129. The molecule has 0 aliphatic heterocycles. The summed E-state index contributed by atoms with van der Waals surface area (Å²) in [7, 11) is 4.04. The van der Waals surface area contributed by atoms with Crippen molar-refractivity contribution in [2.45, 2.75) is 26.8 Å². The van der Waals surface area contributed by atoms with Crippen LogP contribution in [0.2, 0.25) is 0 Å². The number of carbonyl (C=O) groups is 1. The predicted molar refractivity (Wildman–Crippen MR) is 92.4 cm³/mol. The molecule has 5 heteroatoms. The van der Waals surface area contributed by atoms with Crippen molar-refractivity contribution in [3.63, 3.8) is 0 Å². The van der Waals surface area contributed by atoms with E-state index in [0.29, 0.717) is 19.5 Å². The van der Waals surface area contributed by atoms with Crippen LogP contribution in [0, 0.1) is 6.92 Å². The Morgan fingerprint density at radius 2 is 1.91 bits per heavy atom. The van der Waals surface area contributed by atoms with Gasteiger partial charge in [-0.15, -0.1) is 11.3 Å². The van der Waals surface area contributed by atoms with Crippen molar-refractivity contribution >= 4 is 22.9 Å². The third-order valence-electron chi connectivity index (χ3n) is 3.56. The first-order chi connectivity index (χ1) is 10.5. The standard InChI is InChI=1S/C17H23N3OS/c1-5-20(17(21)10-15-12-22-13(2)18-15)11-14-6-8-16(9-7-14)19(3)4/h6-9,12H,5,10-11H2,1-4H3. The number of likely N-dealkylation sites (N-methyl/N-ethyl adjacent to an activating group) is 1. The van der Waals surface area contributed by atoms with Gasteiger partial charge in [-0.1, -0.05) is 12.1 Å². The molecule has 0 aliphatic carbocycles. The summed E-state index contributed by atoms with van der Waals surface area (Å²) in [6.07, 6.45) is 0.383. The zero-order chi connectivity index (χ0) is 16.1. The second-order valence-corrected chi connectivity index (χ2v) is 6.57. The molecule has 0 radical (unpaired) electrons. The molecule has 1 aromatic carbocycles. The van der Waals surface area contributed by atoms with Crippen LogP contribution in [-0.2, 0) is 17.8 Å². The Labute approximate surface area is 136 Å². The van der Waals surface area contributed by atoms with Gasteiger partial charge in [0.05, 0.1) is 17.1 Å². The highest BCUT2D eigenvalue weighted by Crippen LogP contribution is 2.15. The highest BCUT2D eigenvalue weighted by atomic mass is 32.1. The highest BCUT2D eigenvalue weighted by molar-refractivity contribution is 7.09. The van der Waals surface area contributed by atoms with Gasteiger partial charge in [-0.25, -0.2) is 4.98 Å². The first-order valence-corrected chi connectivity index (χ1v) is 8.32. The number of nitrogens with zero attached hydrogens (tertiary/aromatic N) is 3. The van der Waals surface area contributed by atoms with Crippen molar-refractivity contribution in [1.29, 1.82) is 0 Å². The summed E-state index contributed by atoms with van der Waals surface area (Å²) in [4.78, 5) is 20.7. The largest absolute Gasteiger partial charge is 0.378 e. The minimum Gasteiger partial charge on any atom is -0.378 e. The lowest BCUT2D eigenvalue weighted by Crippen LogP contribution is -2.31. The van der Waals surface area contributed by atoms with E-state index in [4.69, 9.17) is 0 Å². The number of anilines is 1. The van der Waals surface area contributed by atoms with Crippen LogP contribution in [-0.4, -0.2) is 36.4 Å². The highest BCUT2D eigenvalue weighted by Gasteiger charge is 2.14. The molecule has 1 aromatic heterocycles. The number of aryl methyl sites for hydroxylation is 1. The smallest absolute Gasteiger partial charge is 0.228 e. The van der Waals surface area contributed by atoms with Gasteiger partial charge in [-0.05, 0) is 31.5 Å². The molecule has 0 unspecified atom stereocenters. The van der Waals surface area contributed by atoms with E-state index >= 15 is 0 Å². The van der Waals surface area contributed by atoms with E-state index in [1.54, 1.807) is 11.3 Å². The van der Waals surface area contributed by atoms with Gasteiger partial charge in [0.25, 0.3) is 0 Å². The van der Waals surface area contributed by atoms with Crippen LogP contribution in [0.25, 0.3) is 0 Å². The van der Waals surface area contributed by atoms with E-state index in [1.807, 2.05) is 38.2 Å². The monoisotopic (exact) mass is 317 g/mol. The van der Waals surface area contributed by atoms with Gasteiger partial charge in [-0.3, -0.25) is 4.79 Å². The molecule has 0 bridgehead atoms. The Morgan fingerprint density at radius 3 is 2.41 bits per heavy atom. The molecule has 1 amide bonds. The van der Waals surface area contributed by atoms with Gasteiger partial charge >= 0.3 is 0 Å². The number of hydrogen-bond acceptors (Lipinski definition) is 4. The Kier molecular flexibility index (Phi) is 5.55. The summed E-state index contributed by atoms with van der Waals surface area (Å²) in [5, 5.41) is 2.97. The molecule has 1 heterocycles. The second-order valence-electron chi connectivity index (χ2n) is 5.50. The van der Waals surface area contributed by atoms with Gasteiger partial charge in [0.1, 0.15) is 0 Å². The van der Waals surface area contributed by atoms with Crippen LogP contribution in [0.1, 0.15) is 23.2 Å². The average molecular weight is 317 g/mol. The van der Waals surface area contributed by atoms with Crippen molar-refractivity contribution in [2.75, 3.05) is 25.5 Å². The quantitative estimate of drug-likeness (QED) is 0.821. The Balaban J connectivity index is 2.00. The number of hydrogen-bond donors (Lipinski definition) is 0. The van der Waals surface area contributed by atoms with Gasteiger partial charge in [0.2, 0.25) is 5.91 Å². The lowest BCUT2D eigenvalue weighted by Gasteiger charge is -2.21. The SMILES string of the molecule is CCN(Cc1ccc(N(C)C)cc1)C(=O)Cc1csc(C)n1. The normalized spacial score (nSPS) is 10.5. The molecule has 0 fully saturated rings. The van der Waals surface area contributed by atoms with Gasteiger partial charge < -0.3 is 9.80 Å². The molecule has 4 nitrogen and oxygen atoms in total. The van der Waals surface area contributed by atoms with Gasteiger partial charge in [0.15, 0.2) is 0 Å². The van der Waals surface area contributed by atoms with Crippen molar-refractivity contribution < 1.29 is 4.79 Å². The van der Waals surface area contributed by atoms with E-state index in [2.05, 4.69) is 34.1 Å². The number of aromatic nitrogens is 1. The first-order valence-electron chi connectivity index (χ1n) is 7.44. The number of thiazole rings is 1. The van der Waals surface area contributed by atoms with Crippen LogP contribution in [0.15, 0.2) is 29.6 Å². The number of amides is 1. The van der Waals surface area contributed by atoms with E-state index in [-0.39, 0.29) is 5.91 Å². The third-order valence-corrected chi connectivity index (χ3v) is 4.38. The van der Waals surface area contributed by atoms with Crippen molar-refractivity contribution in [3.05, 3.63) is 45.9 Å². The minimum absolute atomic E-state index is 0.129. The van der Waals surface area contributed by atoms with E-state index < -0.39 is 0 Å². The third kappa shape index (κ3) is 4.31. The van der Waals surface area contributed by atoms with Crippen molar-refractivity contribution in [2.24, 2.45) is 0 Å². The molecule has 2 aromatic rings. The molecule has 2 rings (SSSR count). The van der Waals surface area contributed by atoms with Crippen molar-refractivity contribution in [1.82, 2.24) is 9.88 Å². The summed E-state index contributed by atoms with van der Waals surface area (Å²) in [6, 6.07) is 8.32. The maximum Gasteiger partial charge on any atom is 0.228 e. The lowest BCUT2D eigenvalue weighted by molar-refractivity contribution is -0.130. The fraction of sp³-hybridized carbons (Fsp3) is 0.412. The molecule has 22 heavy (non-hydrogen) atoms. The topological polar surface area (TPSA) is 36.4 Å². The van der Waals surface area contributed by atoms with Crippen molar-refractivity contribution in [3.8, 4) is 0 Å². The molecular weight excluding hydrogens is 294 g/mol. The number of benzene rings is 1. The summed E-state index contributed by atoms with van der Waals surface area (Å²) in [5.74, 6) is 0.129. The van der Waals surface area contributed by atoms with Crippen LogP contribution >= 0.6 is 11.3 Å². The molecule has 0 saturated heterocycles. The Hall–Kier alpha value is -1.88. The van der Waals surface area contributed by atoms with Gasteiger partial charge in [0, 0.05) is 38.3 Å². The van der Waals surface area contributed by atoms with E-state index in [0.717, 1.165) is 22.0 Å². The summed E-state index contributed by atoms with van der Waals surface area (Å²) < 4.78 is 0. The molecule has 0 saturated carbocycles. The number of rotatable bonds is 6. The molecule has 0 spiro atoms. The zero-order valence-corrected chi connectivity index (χ0v) is 14.5. The van der Waals surface area contributed by atoms with Crippen LogP contribution in [0.5, 0.6) is 0 Å². The molecule has 0 aliphatic rings. The fourth-order valence-corrected chi connectivity index (χ4v) is 2.86.